The van der Waals surface area contributed by atoms with E-state index in [1.807, 2.05) is 12.1 Å². The van der Waals surface area contributed by atoms with Crippen LogP contribution in [-0.4, -0.2) is 46.4 Å². The number of hydrogen-bond donors (Lipinski definition) is 0. The first-order valence-electron chi connectivity index (χ1n) is 8.10. The third kappa shape index (κ3) is 3.25. The maximum atomic E-state index is 5.36. The molecule has 0 radical (unpaired) electrons. The van der Waals surface area contributed by atoms with Crippen molar-refractivity contribution in [2.24, 2.45) is 0 Å². The highest BCUT2D eigenvalue weighted by molar-refractivity contribution is 5.68. The van der Waals surface area contributed by atoms with Crippen molar-refractivity contribution < 1.29 is 9.47 Å². The quantitative estimate of drug-likeness (QED) is 0.865. The summed E-state index contributed by atoms with van der Waals surface area (Å²) >= 11 is 0. The molecule has 2 aliphatic rings. The Morgan fingerprint density at radius 3 is 2.21 bits per heavy atom. The molecule has 122 valence electrons. The zero-order valence-electron chi connectivity index (χ0n) is 13.3. The van der Waals surface area contributed by atoms with Crippen LogP contribution in [0.3, 0.4) is 0 Å². The fourth-order valence-electron chi connectivity index (χ4n) is 2.84. The maximum absolute atomic E-state index is 5.36. The third-order valence-corrected chi connectivity index (χ3v) is 4.14. The van der Waals surface area contributed by atoms with Gasteiger partial charge < -0.3 is 9.47 Å². The molecule has 0 aliphatic carbocycles. The fourth-order valence-corrected chi connectivity index (χ4v) is 2.84. The van der Waals surface area contributed by atoms with Crippen molar-refractivity contribution in [1.29, 1.82) is 0 Å². The summed E-state index contributed by atoms with van der Waals surface area (Å²) in [6, 6.07) is 3.89. The van der Waals surface area contributed by atoms with Gasteiger partial charge in [-0.25, -0.2) is 19.9 Å². The van der Waals surface area contributed by atoms with Crippen LogP contribution < -0.4 is 0 Å². The number of aromatic nitrogens is 4. The molecule has 0 amide bonds. The normalized spacial score (nSPS) is 18.0. The molecule has 4 rings (SSSR count). The summed E-state index contributed by atoms with van der Waals surface area (Å²) in [4.78, 5) is 17.8. The van der Waals surface area contributed by atoms with E-state index in [9.17, 15) is 0 Å². The third-order valence-electron chi connectivity index (χ3n) is 4.14. The van der Waals surface area contributed by atoms with E-state index >= 15 is 0 Å². The van der Waals surface area contributed by atoms with Crippen molar-refractivity contribution in [3.8, 4) is 11.5 Å². The first-order chi connectivity index (χ1) is 11.9. The van der Waals surface area contributed by atoms with Gasteiger partial charge in [-0.15, -0.1) is 0 Å². The molecule has 0 bridgehead atoms. The average Bonchev–Trinajstić information content (AvgIpc) is 2.70. The maximum Gasteiger partial charge on any atom is 0.178 e. The van der Waals surface area contributed by atoms with Gasteiger partial charge in [0.05, 0.1) is 37.8 Å². The van der Waals surface area contributed by atoms with E-state index in [0.717, 1.165) is 43.1 Å². The van der Waals surface area contributed by atoms with Gasteiger partial charge in [-0.05, 0) is 36.1 Å². The van der Waals surface area contributed by atoms with Crippen LogP contribution in [0.2, 0.25) is 0 Å². The Balaban J connectivity index is 1.66. The predicted molar refractivity (Wildman–Crippen MR) is 89.9 cm³/mol. The molecule has 0 saturated heterocycles. The zero-order valence-corrected chi connectivity index (χ0v) is 13.3. The molecule has 4 heterocycles. The molecule has 2 aromatic rings. The van der Waals surface area contributed by atoms with E-state index in [0.29, 0.717) is 19.0 Å². The zero-order chi connectivity index (χ0) is 16.2. The highest BCUT2D eigenvalue weighted by Crippen LogP contribution is 2.24. The average molecular weight is 322 g/mol. The summed E-state index contributed by atoms with van der Waals surface area (Å²) < 4.78 is 10.7. The van der Waals surface area contributed by atoms with Crippen LogP contribution in [0.5, 0.6) is 0 Å². The van der Waals surface area contributed by atoms with Gasteiger partial charge in [0, 0.05) is 6.20 Å². The molecule has 6 nitrogen and oxygen atoms in total. The molecular formula is C18H18N4O2. The Morgan fingerprint density at radius 1 is 0.792 bits per heavy atom. The molecule has 0 saturated carbocycles. The smallest absolute Gasteiger partial charge is 0.178 e. The largest absolute Gasteiger partial charge is 0.377 e. The monoisotopic (exact) mass is 322 g/mol. The van der Waals surface area contributed by atoms with Crippen LogP contribution in [0, 0.1) is 0 Å². The van der Waals surface area contributed by atoms with Crippen LogP contribution in [0.15, 0.2) is 36.8 Å². The number of rotatable bonds is 3. The highest BCUT2D eigenvalue weighted by Gasteiger charge is 2.13. The van der Waals surface area contributed by atoms with Gasteiger partial charge in [0.2, 0.25) is 0 Å². The fraction of sp³-hybridized carbons (Fsp3) is 0.333. The molecule has 2 aromatic heterocycles. The van der Waals surface area contributed by atoms with Crippen LogP contribution in [0.4, 0.5) is 0 Å². The second kappa shape index (κ2) is 6.98. The molecule has 6 heteroatoms. The van der Waals surface area contributed by atoms with Crippen LogP contribution >= 0.6 is 0 Å². The van der Waals surface area contributed by atoms with Crippen molar-refractivity contribution in [1.82, 2.24) is 19.9 Å². The van der Waals surface area contributed by atoms with E-state index < -0.39 is 0 Å². The summed E-state index contributed by atoms with van der Waals surface area (Å²) in [6.07, 6.45) is 9.24. The lowest BCUT2D eigenvalue weighted by Crippen LogP contribution is -2.07. The number of nitrogens with zero attached hydrogens (tertiary/aromatic N) is 4. The van der Waals surface area contributed by atoms with Crippen molar-refractivity contribution in [2.45, 2.75) is 12.8 Å². The van der Waals surface area contributed by atoms with Crippen LogP contribution in [0.1, 0.15) is 24.2 Å². The molecule has 0 spiro atoms. The van der Waals surface area contributed by atoms with Crippen molar-refractivity contribution in [2.75, 3.05) is 26.4 Å². The molecule has 0 atom stereocenters. The van der Waals surface area contributed by atoms with Gasteiger partial charge in [0.25, 0.3) is 0 Å². The molecule has 0 aromatic carbocycles. The van der Waals surface area contributed by atoms with Crippen LogP contribution in [-0.2, 0) is 9.47 Å². The Labute approximate surface area is 140 Å². The number of ether oxygens (including phenoxy) is 2. The Bertz CT molecular complexity index is 734. The molecule has 0 N–H and O–H groups in total. The lowest BCUT2D eigenvalue weighted by Gasteiger charge is -2.14. The highest BCUT2D eigenvalue weighted by atomic mass is 16.5. The SMILES string of the molecule is C1=C(c2cc(-c3nccc(C4=CCOCC4)n3)ncn2)CCOC1. The summed E-state index contributed by atoms with van der Waals surface area (Å²) in [5.41, 5.74) is 4.98. The van der Waals surface area contributed by atoms with Gasteiger partial charge in [-0.2, -0.15) is 0 Å². The Kier molecular flexibility index (Phi) is 4.40. The van der Waals surface area contributed by atoms with Crippen molar-refractivity contribution in [3.63, 3.8) is 0 Å². The minimum Gasteiger partial charge on any atom is -0.377 e. The first kappa shape index (κ1) is 15.1. The minimum absolute atomic E-state index is 0.621. The minimum atomic E-state index is 0.621. The predicted octanol–water partition coefficient (Wildman–Crippen LogP) is 2.54. The summed E-state index contributed by atoms with van der Waals surface area (Å²) in [5.74, 6) is 0.621. The van der Waals surface area contributed by atoms with Gasteiger partial charge in [-0.1, -0.05) is 12.2 Å². The molecule has 2 aliphatic heterocycles. The molecule has 0 fully saturated rings. The Morgan fingerprint density at radius 2 is 1.50 bits per heavy atom. The number of hydrogen-bond acceptors (Lipinski definition) is 6. The standard InChI is InChI=1S/C18H18N4O2/c1-6-19-18(22-15(1)13-2-7-23-8-3-13)17-11-16(20-12-21-17)14-4-9-24-10-5-14/h1-2,4,6,11-12H,3,5,7-10H2. The van der Waals surface area contributed by atoms with Gasteiger partial charge in [-0.3, -0.25) is 0 Å². The van der Waals surface area contributed by atoms with E-state index in [1.54, 1.807) is 12.5 Å². The van der Waals surface area contributed by atoms with Crippen molar-refractivity contribution >= 4 is 11.1 Å². The topological polar surface area (TPSA) is 70.0 Å². The van der Waals surface area contributed by atoms with E-state index in [4.69, 9.17) is 9.47 Å². The summed E-state index contributed by atoms with van der Waals surface area (Å²) in [6.45, 7) is 2.74. The molecule has 24 heavy (non-hydrogen) atoms. The molecular weight excluding hydrogens is 304 g/mol. The summed E-state index contributed by atoms with van der Waals surface area (Å²) in [7, 11) is 0. The summed E-state index contributed by atoms with van der Waals surface area (Å²) in [5, 5.41) is 0. The van der Waals surface area contributed by atoms with Crippen LogP contribution in [0.25, 0.3) is 22.7 Å². The van der Waals surface area contributed by atoms with Gasteiger partial charge >= 0.3 is 0 Å². The Hall–Kier alpha value is -2.44. The van der Waals surface area contributed by atoms with Crippen molar-refractivity contribution in [3.05, 3.63) is 48.2 Å². The second-order valence-electron chi connectivity index (χ2n) is 5.66. The van der Waals surface area contributed by atoms with Gasteiger partial charge in [0.15, 0.2) is 5.82 Å². The first-order valence-corrected chi connectivity index (χ1v) is 8.10. The van der Waals surface area contributed by atoms with E-state index in [1.165, 1.54) is 11.1 Å². The van der Waals surface area contributed by atoms with E-state index in [-0.39, 0.29) is 0 Å². The second-order valence-corrected chi connectivity index (χ2v) is 5.66. The molecule has 0 unspecified atom stereocenters. The lowest BCUT2D eigenvalue weighted by molar-refractivity contribution is 0.161. The lowest BCUT2D eigenvalue weighted by atomic mass is 10.1. The van der Waals surface area contributed by atoms with Gasteiger partial charge in [0.1, 0.15) is 12.0 Å². The van der Waals surface area contributed by atoms with E-state index in [2.05, 4.69) is 32.1 Å².